The molecule has 1 aromatic carbocycles. The number of hydrogen-bond donors (Lipinski definition) is 0. The van der Waals surface area contributed by atoms with Crippen molar-refractivity contribution in [2.75, 3.05) is 7.11 Å². The summed E-state index contributed by atoms with van der Waals surface area (Å²) in [6, 6.07) is 5.97. The molecule has 0 spiro atoms. The molecule has 2 nitrogen and oxygen atoms in total. The number of methoxy groups -OCH3 is 1. The Balaban J connectivity index is 3.36. The van der Waals surface area contributed by atoms with Crippen LogP contribution in [-0.2, 0) is 0 Å². The van der Waals surface area contributed by atoms with Gasteiger partial charge < -0.3 is 4.74 Å². The van der Waals surface area contributed by atoms with Gasteiger partial charge in [-0.25, -0.2) is 0 Å². The third kappa shape index (κ3) is 2.48. The molecule has 0 aromatic heterocycles. The molecule has 1 aromatic rings. The Morgan fingerprint density at radius 1 is 1.38 bits per heavy atom. The van der Waals surface area contributed by atoms with Gasteiger partial charge in [-0.15, -0.1) is 0 Å². The third-order valence-electron chi connectivity index (χ3n) is 2.61. The first-order valence-electron chi connectivity index (χ1n) is 5.25. The van der Waals surface area contributed by atoms with Gasteiger partial charge in [-0.2, -0.15) is 5.26 Å². The number of ether oxygens (including phenoxy) is 1. The van der Waals surface area contributed by atoms with Crippen molar-refractivity contribution in [3.05, 3.63) is 28.3 Å². The number of benzene rings is 1. The first-order chi connectivity index (χ1) is 7.51. The normalized spacial score (nSPS) is 12.3. The van der Waals surface area contributed by atoms with E-state index in [9.17, 15) is 5.26 Å². The molecule has 0 N–H and O–H groups in total. The zero-order chi connectivity index (χ0) is 12.3. The molecule has 0 aliphatic carbocycles. The second-order valence-corrected chi connectivity index (χ2v) is 4.63. The topological polar surface area (TPSA) is 33.0 Å². The van der Waals surface area contributed by atoms with E-state index >= 15 is 0 Å². The van der Waals surface area contributed by atoms with E-state index in [1.54, 1.807) is 7.11 Å². The van der Waals surface area contributed by atoms with Crippen LogP contribution in [0.25, 0.3) is 0 Å². The molecule has 0 amide bonds. The fourth-order valence-electron chi connectivity index (χ4n) is 1.84. The minimum atomic E-state index is -0.188. The van der Waals surface area contributed by atoms with Gasteiger partial charge in [-0.1, -0.05) is 25.4 Å². The maximum absolute atomic E-state index is 9.20. The molecule has 3 heteroatoms. The molecule has 0 saturated carbocycles. The third-order valence-corrected chi connectivity index (χ3v) is 2.83. The van der Waals surface area contributed by atoms with E-state index in [-0.39, 0.29) is 11.8 Å². The van der Waals surface area contributed by atoms with Crippen LogP contribution in [0.15, 0.2) is 12.1 Å². The minimum Gasteiger partial charge on any atom is -0.496 e. The molecular formula is C13H16ClNO. The lowest BCUT2D eigenvalue weighted by atomic mass is 9.88. The molecule has 1 unspecified atom stereocenters. The van der Waals surface area contributed by atoms with E-state index in [0.717, 1.165) is 16.9 Å². The second-order valence-electron chi connectivity index (χ2n) is 4.20. The fourth-order valence-corrected chi connectivity index (χ4v) is 2.12. The zero-order valence-corrected chi connectivity index (χ0v) is 10.8. The molecule has 0 radical (unpaired) electrons. The van der Waals surface area contributed by atoms with Crippen LogP contribution in [0.2, 0.25) is 5.02 Å². The molecule has 16 heavy (non-hydrogen) atoms. The highest BCUT2D eigenvalue weighted by molar-refractivity contribution is 6.30. The Bertz CT molecular complexity index is 421. The summed E-state index contributed by atoms with van der Waals surface area (Å²) >= 11 is 6.02. The van der Waals surface area contributed by atoms with Gasteiger partial charge in [0, 0.05) is 10.6 Å². The van der Waals surface area contributed by atoms with Gasteiger partial charge in [0.05, 0.1) is 19.1 Å². The van der Waals surface area contributed by atoms with E-state index in [4.69, 9.17) is 16.3 Å². The molecule has 1 atom stereocenters. The van der Waals surface area contributed by atoms with Crippen LogP contribution < -0.4 is 4.74 Å². The van der Waals surface area contributed by atoms with Crippen molar-refractivity contribution in [1.82, 2.24) is 0 Å². The summed E-state index contributed by atoms with van der Waals surface area (Å²) in [6.07, 6.45) is 0. The predicted molar refractivity (Wildman–Crippen MR) is 65.9 cm³/mol. The van der Waals surface area contributed by atoms with Crippen molar-refractivity contribution in [2.24, 2.45) is 5.92 Å². The predicted octanol–water partition coefficient (Wildman–Crippen LogP) is 3.92. The van der Waals surface area contributed by atoms with Crippen LogP contribution in [-0.4, -0.2) is 7.11 Å². The maximum atomic E-state index is 9.20. The van der Waals surface area contributed by atoms with Crippen molar-refractivity contribution in [3.63, 3.8) is 0 Å². The van der Waals surface area contributed by atoms with E-state index in [2.05, 4.69) is 6.07 Å². The van der Waals surface area contributed by atoms with Gasteiger partial charge in [-0.05, 0) is 30.5 Å². The average Bonchev–Trinajstić information content (AvgIpc) is 2.17. The Kier molecular flexibility index (Phi) is 4.20. The van der Waals surface area contributed by atoms with Gasteiger partial charge in [0.15, 0.2) is 0 Å². The van der Waals surface area contributed by atoms with E-state index in [1.807, 2.05) is 32.9 Å². The Morgan fingerprint density at radius 3 is 2.44 bits per heavy atom. The monoisotopic (exact) mass is 237 g/mol. The first-order valence-corrected chi connectivity index (χ1v) is 5.62. The van der Waals surface area contributed by atoms with Gasteiger partial charge >= 0.3 is 0 Å². The SMILES string of the molecule is COc1c(C)cc(Cl)cc1C(C#N)C(C)C. The molecule has 0 bridgehead atoms. The van der Waals surface area contributed by atoms with Crippen LogP contribution in [0.4, 0.5) is 0 Å². The number of nitriles is 1. The van der Waals surface area contributed by atoms with Crippen LogP contribution in [0.5, 0.6) is 5.75 Å². The van der Waals surface area contributed by atoms with Crippen molar-refractivity contribution >= 4 is 11.6 Å². The van der Waals surface area contributed by atoms with Crippen LogP contribution in [0.1, 0.15) is 30.9 Å². The highest BCUT2D eigenvalue weighted by Gasteiger charge is 2.21. The average molecular weight is 238 g/mol. The summed E-state index contributed by atoms with van der Waals surface area (Å²) in [5, 5.41) is 9.85. The van der Waals surface area contributed by atoms with E-state index < -0.39 is 0 Å². The van der Waals surface area contributed by atoms with Crippen LogP contribution >= 0.6 is 11.6 Å². The maximum Gasteiger partial charge on any atom is 0.126 e. The van der Waals surface area contributed by atoms with Gasteiger partial charge in [0.2, 0.25) is 0 Å². The second kappa shape index (κ2) is 5.23. The summed E-state index contributed by atoms with van der Waals surface area (Å²) in [5.41, 5.74) is 1.84. The van der Waals surface area contributed by atoms with E-state index in [0.29, 0.717) is 5.02 Å². The van der Waals surface area contributed by atoms with Crippen LogP contribution in [0, 0.1) is 24.2 Å². The van der Waals surface area contributed by atoms with Gasteiger partial charge in [0.25, 0.3) is 0 Å². The molecule has 0 aliphatic rings. The molecule has 86 valence electrons. The molecular weight excluding hydrogens is 222 g/mol. The van der Waals surface area contributed by atoms with Crippen molar-refractivity contribution in [2.45, 2.75) is 26.7 Å². The van der Waals surface area contributed by atoms with Crippen molar-refractivity contribution in [3.8, 4) is 11.8 Å². The Labute approximate surface area is 102 Å². The summed E-state index contributed by atoms with van der Waals surface area (Å²) in [6.45, 7) is 5.97. The lowest BCUT2D eigenvalue weighted by Gasteiger charge is -2.18. The summed E-state index contributed by atoms with van der Waals surface area (Å²) in [4.78, 5) is 0. The molecule has 0 heterocycles. The summed E-state index contributed by atoms with van der Waals surface area (Å²) in [5.74, 6) is 0.814. The quantitative estimate of drug-likeness (QED) is 0.798. The van der Waals surface area contributed by atoms with Crippen molar-refractivity contribution in [1.29, 1.82) is 5.26 Å². The minimum absolute atomic E-state index is 0.188. The summed E-state index contributed by atoms with van der Waals surface area (Å²) in [7, 11) is 1.62. The number of aryl methyl sites for hydroxylation is 1. The fraction of sp³-hybridized carbons (Fsp3) is 0.462. The number of halogens is 1. The lowest BCUT2D eigenvalue weighted by molar-refractivity contribution is 0.400. The molecule has 1 rings (SSSR count). The standard InChI is InChI=1S/C13H16ClNO/c1-8(2)12(7-15)11-6-10(14)5-9(3)13(11)16-4/h5-6,8,12H,1-4H3. The highest BCUT2D eigenvalue weighted by atomic mass is 35.5. The lowest BCUT2D eigenvalue weighted by Crippen LogP contribution is -2.07. The smallest absolute Gasteiger partial charge is 0.126 e. The first kappa shape index (κ1) is 12.9. The van der Waals surface area contributed by atoms with E-state index in [1.165, 1.54) is 0 Å². The number of rotatable bonds is 3. The van der Waals surface area contributed by atoms with Gasteiger partial charge in [0.1, 0.15) is 5.75 Å². The number of nitrogens with zero attached hydrogens (tertiary/aromatic N) is 1. The van der Waals surface area contributed by atoms with Crippen molar-refractivity contribution < 1.29 is 4.74 Å². The molecule has 0 saturated heterocycles. The molecule has 0 aliphatic heterocycles. The molecule has 0 fully saturated rings. The number of hydrogen-bond acceptors (Lipinski definition) is 2. The van der Waals surface area contributed by atoms with Crippen LogP contribution in [0.3, 0.4) is 0 Å². The van der Waals surface area contributed by atoms with Gasteiger partial charge in [-0.3, -0.25) is 0 Å². The Hall–Kier alpha value is -1.20. The summed E-state index contributed by atoms with van der Waals surface area (Å²) < 4.78 is 5.35. The Morgan fingerprint density at radius 2 is 2.00 bits per heavy atom. The largest absolute Gasteiger partial charge is 0.496 e. The highest BCUT2D eigenvalue weighted by Crippen LogP contribution is 2.36. The zero-order valence-electron chi connectivity index (χ0n) is 10.0.